The lowest BCUT2D eigenvalue weighted by atomic mass is 9.95. The number of ketones is 1. The third-order valence-corrected chi connectivity index (χ3v) is 5.95. The number of carbonyl (C=O) groups is 3. The summed E-state index contributed by atoms with van der Waals surface area (Å²) in [4.78, 5) is 39.5. The number of nitrogens with zero attached hydrogens (tertiary/aromatic N) is 1. The highest BCUT2D eigenvalue weighted by Crippen LogP contribution is 2.44. The maximum absolute atomic E-state index is 13.3. The Balaban J connectivity index is 1.95. The first-order valence-electron chi connectivity index (χ1n) is 10.8. The van der Waals surface area contributed by atoms with E-state index in [1.54, 1.807) is 48.5 Å². The molecule has 1 N–H and O–H groups in total. The van der Waals surface area contributed by atoms with Gasteiger partial charge in [-0.25, -0.2) is 0 Å². The number of aliphatic hydroxyl groups excluding tert-OH is 1. The van der Waals surface area contributed by atoms with Crippen LogP contribution in [0.15, 0.2) is 72.3 Å². The number of Topliss-reactive ketones (excluding diaryl/α,β-unsaturated/α-hetero) is 1. The molecule has 1 aliphatic rings. The number of hydrogen-bond donors (Lipinski definition) is 1. The second-order valence-corrected chi connectivity index (χ2v) is 8.29. The fourth-order valence-corrected chi connectivity index (χ4v) is 4.25. The first kappa shape index (κ1) is 24.8. The fraction of sp³-hybridized carbons (Fsp3) is 0.148. The van der Waals surface area contributed by atoms with Crippen molar-refractivity contribution >= 4 is 40.7 Å². The van der Waals surface area contributed by atoms with E-state index in [9.17, 15) is 19.5 Å². The van der Waals surface area contributed by atoms with Crippen molar-refractivity contribution < 1.29 is 33.7 Å². The Morgan fingerprint density at radius 1 is 0.944 bits per heavy atom. The summed E-state index contributed by atoms with van der Waals surface area (Å²) < 4.78 is 15.7. The van der Waals surface area contributed by atoms with Crippen molar-refractivity contribution in [2.45, 2.75) is 13.0 Å². The maximum atomic E-state index is 13.3. The van der Waals surface area contributed by atoms with Crippen molar-refractivity contribution in [1.29, 1.82) is 0 Å². The first-order valence-corrected chi connectivity index (χ1v) is 11.2. The van der Waals surface area contributed by atoms with E-state index in [2.05, 4.69) is 0 Å². The van der Waals surface area contributed by atoms with Gasteiger partial charge in [0.1, 0.15) is 23.0 Å². The highest BCUT2D eigenvalue weighted by molar-refractivity contribution is 6.51. The van der Waals surface area contributed by atoms with Gasteiger partial charge in [-0.05, 0) is 48.0 Å². The molecule has 3 aromatic rings. The molecule has 36 heavy (non-hydrogen) atoms. The van der Waals surface area contributed by atoms with Gasteiger partial charge in [0.05, 0.1) is 30.9 Å². The van der Waals surface area contributed by atoms with Gasteiger partial charge in [0.2, 0.25) is 0 Å². The van der Waals surface area contributed by atoms with Crippen LogP contribution in [0.5, 0.6) is 17.2 Å². The van der Waals surface area contributed by atoms with Crippen LogP contribution in [0.4, 0.5) is 5.69 Å². The molecule has 8 nitrogen and oxygen atoms in total. The summed E-state index contributed by atoms with van der Waals surface area (Å²) in [5.74, 6) is -1.66. The second kappa shape index (κ2) is 10.1. The molecule has 4 rings (SSSR count). The molecular formula is C27H22ClNO7. The molecule has 0 saturated carbocycles. The van der Waals surface area contributed by atoms with E-state index < -0.39 is 29.5 Å². The minimum atomic E-state index is -1.03. The van der Waals surface area contributed by atoms with E-state index >= 15 is 0 Å². The van der Waals surface area contributed by atoms with E-state index in [1.165, 1.54) is 44.2 Å². The van der Waals surface area contributed by atoms with E-state index in [1.807, 2.05) is 0 Å². The molecule has 3 aromatic carbocycles. The third kappa shape index (κ3) is 4.63. The Hall–Kier alpha value is -4.30. The molecule has 1 fully saturated rings. The van der Waals surface area contributed by atoms with Crippen LogP contribution in [0.2, 0.25) is 5.02 Å². The zero-order chi connectivity index (χ0) is 26.0. The van der Waals surface area contributed by atoms with Gasteiger partial charge in [-0.3, -0.25) is 19.3 Å². The van der Waals surface area contributed by atoms with Crippen LogP contribution in [-0.2, 0) is 14.4 Å². The summed E-state index contributed by atoms with van der Waals surface area (Å²) in [5.41, 5.74) is 0.915. The minimum absolute atomic E-state index is 0.146. The number of halogens is 1. The first-order chi connectivity index (χ1) is 17.2. The second-order valence-electron chi connectivity index (χ2n) is 7.89. The molecule has 0 bridgehead atoms. The van der Waals surface area contributed by atoms with E-state index in [4.69, 9.17) is 25.8 Å². The summed E-state index contributed by atoms with van der Waals surface area (Å²) >= 11 is 6.12. The SMILES string of the molecule is COc1cccc(N2C(=O)C(=O)/C(=C(/O)c3ccc(Cl)c(OC)c3)C2c2cccc(OC(C)=O)c2)c1. The smallest absolute Gasteiger partial charge is 0.308 e. The van der Waals surface area contributed by atoms with E-state index in [-0.39, 0.29) is 22.6 Å². The number of methoxy groups -OCH3 is 2. The number of esters is 1. The normalized spacial score (nSPS) is 16.7. The number of rotatable bonds is 6. The van der Waals surface area contributed by atoms with Gasteiger partial charge in [0, 0.05) is 24.2 Å². The number of hydrogen-bond acceptors (Lipinski definition) is 7. The minimum Gasteiger partial charge on any atom is -0.507 e. The molecule has 1 saturated heterocycles. The number of benzene rings is 3. The van der Waals surface area contributed by atoms with Gasteiger partial charge in [-0.15, -0.1) is 0 Å². The maximum Gasteiger partial charge on any atom is 0.308 e. The summed E-state index contributed by atoms with van der Waals surface area (Å²) in [6.07, 6.45) is 0. The van der Waals surface area contributed by atoms with Crippen molar-refractivity contribution in [2.24, 2.45) is 0 Å². The Kier molecular flexibility index (Phi) is 6.98. The largest absolute Gasteiger partial charge is 0.507 e. The Labute approximate surface area is 212 Å². The molecular weight excluding hydrogens is 486 g/mol. The quantitative estimate of drug-likeness (QED) is 0.166. The fourth-order valence-electron chi connectivity index (χ4n) is 4.05. The lowest BCUT2D eigenvalue weighted by molar-refractivity contribution is -0.132. The summed E-state index contributed by atoms with van der Waals surface area (Å²) in [6, 6.07) is 16.6. The highest BCUT2D eigenvalue weighted by Gasteiger charge is 2.47. The standard InChI is InChI=1S/C27H22ClNO7/c1-15(30)36-20-9-4-6-16(12-20)24-23(25(31)17-10-11-21(28)22(13-17)35-3)26(32)27(33)29(24)18-7-5-8-19(14-18)34-2/h4-14,24,31H,1-3H3/b25-23+. The van der Waals surface area contributed by atoms with E-state index in [0.29, 0.717) is 22.0 Å². The molecule has 1 amide bonds. The van der Waals surface area contributed by atoms with Crippen molar-refractivity contribution in [1.82, 2.24) is 0 Å². The van der Waals surface area contributed by atoms with Crippen molar-refractivity contribution in [3.8, 4) is 17.2 Å². The summed E-state index contributed by atoms with van der Waals surface area (Å²) in [5, 5.41) is 11.6. The highest BCUT2D eigenvalue weighted by atomic mass is 35.5. The molecule has 0 aromatic heterocycles. The van der Waals surface area contributed by atoms with Crippen LogP contribution >= 0.6 is 11.6 Å². The van der Waals surface area contributed by atoms with Gasteiger partial charge in [-0.1, -0.05) is 29.8 Å². The topological polar surface area (TPSA) is 102 Å². The monoisotopic (exact) mass is 507 g/mol. The number of ether oxygens (including phenoxy) is 3. The molecule has 0 spiro atoms. The lowest BCUT2D eigenvalue weighted by Gasteiger charge is -2.26. The molecule has 1 heterocycles. The number of aliphatic hydroxyl groups is 1. The Bertz CT molecular complexity index is 1400. The number of anilines is 1. The van der Waals surface area contributed by atoms with Crippen LogP contribution in [-0.4, -0.2) is 37.0 Å². The van der Waals surface area contributed by atoms with Gasteiger partial charge < -0.3 is 19.3 Å². The zero-order valence-electron chi connectivity index (χ0n) is 19.7. The van der Waals surface area contributed by atoms with Crippen LogP contribution in [0.3, 0.4) is 0 Å². The average molecular weight is 508 g/mol. The van der Waals surface area contributed by atoms with Gasteiger partial charge in [0.15, 0.2) is 0 Å². The molecule has 0 aliphatic carbocycles. The van der Waals surface area contributed by atoms with Crippen molar-refractivity contribution in [3.63, 3.8) is 0 Å². The van der Waals surface area contributed by atoms with Crippen molar-refractivity contribution in [3.05, 3.63) is 88.5 Å². The molecule has 9 heteroatoms. The van der Waals surface area contributed by atoms with Crippen LogP contribution < -0.4 is 19.1 Å². The summed E-state index contributed by atoms with van der Waals surface area (Å²) in [7, 11) is 2.91. The Morgan fingerprint density at radius 3 is 2.36 bits per heavy atom. The summed E-state index contributed by atoms with van der Waals surface area (Å²) in [6.45, 7) is 1.27. The number of amides is 1. The molecule has 0 radical (unpaired) electrons. The van der Waals surface area contributed by atoms with Crippen LogP contribution in [0, 0.1) is 0 Å². The molecule has 184 valence electrons. The van der Waals surface area contributed by atoms with Gasteiger partial charge in [0.25, 0.3) is 11.7 Å². The van der Waals surface area contributed by atoms with Crippen LogP contribution in [0.25, 0.3) is 5.76 Å². The zero-order valence-corrected chi connectivity index (χ0v) is 20.4. The van der Waals surface area contributed by atoms with E-state index in [0.717, 1.165) is 0 Å². The van der Waals surface area contributed by atoms with Crippen LogP contribution in [0.1, 0.15) is 24.1 Å². The number of carbonyl (C=O) groups excluding carboxylic acids is 3. The van der Waals surface area contributed by atoms with Crippen molar-refractivity contribution in [2.75, 3.05) is 19.1 Å². The molecule has 1 aliphatic heterocycles. The predicted molar refractivity (Wildman–Crippen MR) is 134 cm³/mol. The third-order valence-electron chi connectivity index (χ3n) is 5.64. The predicted octanol–water partition coefficient (Wildman–Crippen LogP) is 4.91. The molecule has 1 unspecified atom stereocenters. The average Bonchev–Trinajstić information content (AvgIpc) is 3.14. The lowest BCUT2D eigenvalue weighted by Crippen LogP contribution is -2.29. The van der Waals surface area contributed by atoms with Gasteiger partial charge in [-0.2, -0.15) is 0 Å². The Morgan fingerprint density at radius 2 is 1.67 bits per heavy atom. The van der Waals surface area contributed by atoms with Gasteiger partial charge >= 0.3 is 5.97 Å². The molecule has 1 atom stereocenters.